The Morgan fingerprint density at radius 3 is 2.81 bits per heavy atom. The first-order chi connectivity index (χ1) is 10.2. The number of thioether (sulfide) groups is 1. The fourth-order valence-electron chi connectivity index (χ4n) is 2.24. The number of hydrogen-bond donors (Lipinski definition) is 1. The van der Waals surface area contributed by atoms with E-state index in [9.17, 15) is 4.79 Å². The first kappa shape index (κ1) is 14.9. The number of nitrogens with one attached hydrogen (secondary N) is 1. The number of fused-ring (bicyclic) bond motifs is 1. The van der Waals surface area contributed by atoms with Gasteiger partial charge in [0, 0.05) is 14.8 Å². The number of aryl methyl sites for hydroxylation is 2. The normalized spacial score (nSPS) is 13.8. The molecule has 1 aliphatic carbocycles. The summed E-state index contributed by atoms with van der Waals surface area (Å²) in [6, 6.07) is 7.50. The monoisotopic (exact) mass is 338 g/mol. The summed E-state index contributed by atoms with van der Waals surface area (Å²) in [7, 11) is 0. The van der Waals surface area contributed by atoms with E-state index in [-0.39, 0.29) is 5.91 Å². The van der Waals surface area contributed by atoms with Crippen LogP contribution >= 0.6 is 34.7 Å². The summed E-state index contributed by atoms with van der Waals surface area (Å²) in [5.41, 5.74) is 1.17. The predicted octanol–water partition coefficient (Wildman–Crippen LogP) is 4.41. The van der Waals surface area contributed by atoms with E-state index in [1.807, 2.05) is 24.3 Å². The van der Waals surface area contributed by atoms with Gasteiger partial charge in [-0.3, -0.25) is 4.79 Å². The highest BCUT2D eigenvalue weighted by Crippen LogP contribution is 2.29. The van der Waals surface area contributed by atoms with Gasteiger partial charge in [-0.1, -0.05) is 11.6 Å². The molecule has 2 aromatic rings. The van der Waals surface area contributed by atoms with E-state index >= 15 is 0 Å². The summed E-state index contributed by atoms with van der Waals surface area (Å²) in [4.78, 5) is 18.9. The molecule has 0 unspecified atom stereocenters. The van der Waals surface area contributed by atoms with Crippen LogP contribution in [0.1, 0.15) is 23.4 Å². The van der Waals surface area contributed by atoms with E-state index in [4.69, 9.17) is 11.6 Å². The first-order valence-corrected chi connectivity index (χ1v) is 9.05. The van der Waals surface area contributed by atoms with E-state index in [0.29, 0.717) is 10.8 Å². The van der Waals surface area contributed by atoms with E-state index in [2.05, 4.69) is 10.3 Å². The molecule has 3 nitrogen and oxygen atoms in total. The van der Waals surface area contributed by atoms with Crippen LogP contribution in [0.25, 0.3) is 0 Å². The fraction of sp³-hybridized carbons (Fsp3) is 0.333. The minimum Gasteiger partial charge on any atom is -0.301 e. The molecule has 1 heterocycles. The number of hydrogen-bond acceptors (Lipinski definition) is 4. The molecule has 0 bridgehead atoms. The summed E-state index contributed by atoms with van der Waals surface area (Å²) in [5.74, 6) is 0.368. The third-order valence-electron chi connectivity index (χ3n) is 3.28. The Morgan fingerprint density at radius 1 is 1.29 bits per heavy atom. The van der Waals surface area contributed by atoms with Crippen LogP contribution in [-0.2, 0) is 17.6 Å². The fourth-order valence-corrected chi connectivity index (χ4v) is 4.13. The molecule has 0 fully saturated rings. The molecule has 1 aliphatic rings. The Bertz CT molecular complexity index is 616. The van der Waals surface area contributed by atoms with Gasteiger partial charge in [0.05, 0.1) is 11.4 Å². The van der Waals surface area contributed by atoms with Crippen molar-refractivity contribution in [2.24, 2.45) is 0 Å². The van der Waals surface area contributed by atoms with Crippen LogP contribution in [0.15, 0.2) is 29.2 Å². The van der Waals surface area contributed by atoms with Gasteiger partial charge in [0.1, 0.15) is 0 Å². The third-order valence-corrected chi connectivity index (χ3v) is 5.61. The maximum Gasteiger partial charge on any atom is 0.236 e. The smallest absolute Gasteiger partial charge is 0.236 e. The van der Waals surface area contributed by atoms with Crippen molar-refractivity contribution in [3.63, 3.8) is 0 Å². The second-order valence-corrected chi connectivity index (χ2v) is 7.46. The molecular weight excluding hydrogens is 324 g/mol. The molecule has 1 aromatic carbocycles. The molecule has 21 heavy (non-hydrogen) atoms. The van der Waals surface area contributed by atoms with Crippen LogP contribution in [0.3, 0.4) is 0 Å². The molecule has 0 radical (unpaired) electrons. The molecule has 0 spiro atoms. The maximum atomic E-state index is 12.0. The van der Waals surface area contributed by atoms with Gasteiger partial charge in [-0.25, -0.2) is 4.98 Å². The number of amides is 1. The highest BCUT2D eigenvalue weighted by atomic mass is 35.5. The van der Waals surface area contributed by atoms with Gasteiger partial charge in [0.25, 0.3) is 0 Å². The molecule has 0 saturated heterocycles. The van der Waals surface area contributed by atoms with Crippen LogP contribution in [0.4, 0.5) is 5.13 Å². The molecule has 0 atom stereocenters. The Labute approximate surface area is 137 Å². The minimum absolute atomic E-state index is 0.0129. The van der Waals surface area contributed by atoms with Gasteiger partial charge >= 0.3 is 0 Å². The minimum atomic E-state index is -0.0129. The van der Waals surface area contributed by atoms with Gasteiger partial charge in [0.2, 0.25) is 5.91 Å². The number of carbonyl (C=O) groups is 1. The SMILES string of the molecule is O=C(CSc1ccc(Cl)cc1)Nc1nc2c(s1)CCCC2. The summed E-state index contributed by atoms with van der Waals surface area (Å²) < 4.78 is 0. The van der Waals surface area contributed by atoms with E-state index in [1.165, 1.54) is 35.2 Å². The lowest BCUT2D eigenvalue weighted by Crippen LogP contribution is -2.13. The second kappa shape index (κ2) is 6.81. The van der Waals surface area contributed by atoms with Crippen LogP contribution in [-0.4, -0.2) is 16.6 Å². The number of carbonyl (C=O) groups excluding carboxylic acids is 1. The van der Waals surface area contributed by atoms with Gasteiger partial charge < -0.3 is 5.32 Å². The third kappa shape index (κ3) is 3.99. The summed E-state index contributed by atoms with van der Waals surface area (Å²) >= 11 is 8.95. The van der Waals surface area contributed by atoms with Crippen molar-refractivity contribution in [1.82, 2.24) is 4.98 Å². The van der Waals surface area contributed by atoms with E-state index < -0.39 is 0 Å². The number of thiazole rings is 1. The summed E-state index contributed by atoms with van der Waals surface area (Å²) in [6.45, 7) is 0. The van der Waals surface area contributed by atoms with Crippen LogP contribution in [0.2, 0.25) is 5.02 Å². The molecule has 1 N–H and O–H groups in total. The van der Waals surface area contributed by atoms with Crippen molar-refractivity contribution in [1.29, 1.82) is 0 Å². The second-order valence-electron chi connectivity index (χ2n) is 4.89. The average Bonchev–Trinajstić information content (AvgIpc) is 2.88. The lowest BCUT2D eigenvalue weighted by Gasteiger charge is -2.06. The average molecular weight is 339 g/mol. The van der Waals surface area contributed by atoms with Gasteiger partial charge in [-0.2, -0.15) is 0 Å². The molecule has 6 heteroatoms. The van der Waals surface area contributed by atoms with Gasteiger partial charge in [-0.05, 0) is 49.9 Å². The molecule has 3 rings (SSSR count). The van der Waals surface area contributed by atoms with Crippen molar-refractivity contribution < 1.29 is 4.79 Å². The van der Waals surface area contributed by atoms with Crippen LogP contribution in [0, 0.1) is 0 Å². The van der Waals surface area contributed by atoms with Crippen LogP contribution in [0.5, 0.6) is 0 Å². The van der Waals surface area contributed by atoms with Gasteiger partial charge in [0.15, 0.2) is 5.13 Å². The Kier molecular flexibility index (Phi) is 4.83. The highest BCUT2D eigenvalue weighted by Gasteiger charge is 2.16. The molecule has 1 aromatic heterocycles. The molecule has 1 amide bonds. The molecule has 0 saturated carbocycles. The maximum absolute atomic E-state index is 12.0. The Hall–Kier alpha value is -1.04. The Balaban J connectivity index is 1.54. The van der Waals surface area contributed by atoms with E-state index in [1.54, 1.807) is 11.3 Å². The lowest BCUT2D eigenvalue weighted by molar-refractivity contribution is -0.113. The quantitative estimate of drug-likeness (QED) is 0.840. The number of rotatable bonds is 4. The predicted molar refractivity (Wildman–Crippen MR) is 89.6 cm³/mol. The lowest BCUT2D eigenvalue weighted by atomic mass is 10.0. The number of halogens is 1. The molecule has 110 valence electrons. The largest absolute Gasteiger partial charge is 0.301 e. The molecule has 0 aliphatic heterocycles. The van der Waals surface area contributed by atoms with Crippen molar-refractivity contribution in [2.45, 2.75) is 30.6 Å². The highest BCUT2D eigenvalue weighted by molar-refractivity contribution is 8.00. The number of benzene rings is 1. The number of nitrogens with zero attached hydrogens (tertiary/aromatic N) is 1. The molecular formula is C15H15ClN2OS2. The zero-order valence-corrected chi connectivity index (χ0v) is 13.8. The standard InChI is InChI=1S/C15H15ClN2OS2/c16-10-5-7-11(8-6-10)20-9-14(19)18-15-17-12-3-1-2-4-13(12)21-15/h5-8H,1-4,9H2,(H,17,18,19). The van der Waals surface area contributed by atoms with E-state index in [0.717, 1.165) is 22.9 Å². The van der Waals surface area contributed by atoms with Crippen molar-refractivity contribution in [2.75, 3.05) is 11.1 Å². The zero-order valence-electron chi connectivity index (χ0n) is 11.4. The zero-order chi connectivity index (χ0) is 14.7. The summed E-state index contributed by atoms with van der Waals surface area (Å²) in [5, 5.41) is 4.35. The number of aromatic nitrogens is 1. The number of anilines is 1. The topological polar surface area (TPSA) is 42.0 Å². The van der Waals surface area contributed by atoms with Crippen LogP contribution < -0.4 is 5.32 Å². The van der Waals surface area contributed by atoms with Crippen molar-refractivity contribution in [3.05, 3.63) is 39.9 Å². The van der Waals surface area contributed by atoms with Gasteiger partial charge in [-0.15, -0.1) is 23.1 Å². The first-order valence-electron chi connectivity index (χ1n) is 6.87. The summed E-state index contributed by atoms with van der Waals surface area (Å²) in [6.07, 6.45) is 4.58. The Morgan fingerprint density at radius 2 is 2.05 bits per heavy atom. The van der Waals surface area contributed by atoms with Crippen molar-refractivity contribution >= 4 is 45.7 Å². The van der Waals surface area contributed by atoms with Crippen molar-refractivity contribution in [3.8, 4) is 0 Å².